The van der Waals surface area contributed by atoms with E-state index in [-0.39, 0.29) is 189 Å². The average molecular weight is 1950 g/mol. The van der Waals surface area contributed by atoms with Crippen LogP contribution in [0.3, 0.4) is 0 Å². The number of carbonyl (C=O) groups is 10. The van der Waals surface area contributed by atoms with Crippen LogP contribution in [0.1, 0.15) is 458 Å². The summed E-state index contributed by atoms with van der Waals surface area (Å²) in [7, 11) is 1.61. The summed E-state index contributed by atoms with van der Waals surface area (Å²) < 4.78 is 55.4. The van der Waals surface area contributed by atoms with Gasteiger partial charge in [-0.2, -0.15) is 0 Å². The number of allylic oxidation sites excluding steroid dienone is 8. The van der Waals surface area contributed by atoms with Crippen molar-refractivity contribution in [1.82, 2.24) is 25.8 Å². The summed E-state index contributed by atoms with van der Waals surface area (Å²) in [6, 6.07) is 0. The number of ether oxygens (including phenoxy) is 10. The molecule has 0 bridgehead atoms. The first kappa shape index (κ1) is 132. The highest BCUT2D eigenvalue weighted by Crippen LogP contribution is 2.21. The monoisotopic (exact) mass is 1950 g/mol. The van der Waals surface area contributed by atoms with E-state index in [0.717, 1.165) is 167 Å². The van der Waals surface area contributed by atoms with Gasteiger partial charge in [0.15, 0.2) is 0 Å². The second-order valence-electron chi connectivity index (χ2n) is 37.4. The Morgan fingerprint density at radius 3 is 0.819 bits per heavy atom. The van der Waals surface area contributed by atoms with Crippen molar-refractivity contribution in [2.24, 2.45) is 5.92 Å². The molecule has 1 atom stereocenters. The highest BCUT2D eigenvalue weighted by molar-refractivity contribution is 5.89. The third kappa shape index (κ3) is 98.4. The van der Waals surface area contributed by atoms with Crippen LogP contribution in [-0.4, -0.2) is 221 Å². The van der Waals surface area contributed by atoms with E-state index in [0.29, 0.717) is 124 Å². The van der Waals surface area contributed by atoms with E-state index in [4.69, 9.17) is 47.4 Å². The van der Waals surface area contributed by atoms with Crippen molar-refractivity contribution in [3.05, 3.63) is 48.6 Å². The molecule has 0 aromatic carbocycles. The number of methoxy groups -OCH3 is 1. The number of unbranched alkanes of at least 4 members (excludes halogenated alkanes) is 45. The third-order valence-electron chi connectivity index (χ3n) is 24.7. The number of nitrogens with zero attached hydrogens (tertiary/aromatic N) is 2. The largest absolute Gasteiger partial charge is 0.464 e. The van der Waals surface area contributed by atoms with Gasteiger partial charge in [-0.3, -0.25) is 47.9 Å². The molecule has 0 aliphatic heterocycles. The summed E-state index contributed by atoms with van der Waals surface area (Å²) in [5, 5.41) is 8.77. The van der Waals surface area contributed by atoms with E-state index in [9.17, 15) is 47.9 Å². The summed E-state index contributed by atoms with van der Waals surface area (Å²) in [6.07, 6.45) is 81.1. The minimum Gasteiger partial charge on any atom is -0.464 e. The standard InChI is InChI=1S/C113H205N5O20/c1-6-10-14-18-22-26-30-34-38-42-46-50-54-58-62-71-109(124)135-90-83-117(84-91-136-110(125)72-63-59-55-51-47-43-39-35-31-27-23-19-15-11-7-2)107(122)77-75-104(119)102-103(113(128)116-82-69-88-131-97-100-134-99-96-130-87-68-81-115-106(121)79-89-132-98-101-133-95-94-129-5)70-66-67-80-114-105(120)76-78-108(123)118(85-92-137-111(126)73-64-60-56-52-48-44-40-36-32-28-24-20-16-12-8-3)86-93-138-112(127)74-65-61-57-53-49-45-41-37-33-29-25-21-17-13-9-4/h34-41,103H,6-33,42-102H2,1-5H3,(H,114,120)(H,115,121)(H,116,128)/b38-34-,39-35-,40-36-,41-37-/t103-/m1/s1. The predicted octanol–water partition coefficient (Wildman–Crippen LogP) is 24.5. The van der Waals surface area contributed by atoms with E-state index < -0.39 is 5.92 Å². The number of esters is 4. The van der Waals surface area contributed by atoms with Crippen LogP contribution < -0.4 is 16.0 Å². The zero-order valence-electron chi connectivity index (χ0n) is 88.7. The number of hydrogen-bond donors (Lipinski definition) is 3. The van der Waals surface area contributed by atoms with Gasteiger partial charge in [0.2, 0.25) is 29.5 Å². The maximum absolute atomic E-state index is 14.1. The second-order valence-corrected chi connectivity index (χ2v) is 37.4. The zero-order valence-corrected chi connectivity index (χ0v) is 88.7. The van der Waals surface area contributed by atoms with Crippen LogP contribution in [0.25, 0.3) is 0 Å². The lowest BCUT2D eigenvalue weighted by Gasteiger charge is -2.23. The molecule has 0 aliphatic carbocycles. The number of nitrogens with one attached hydrogen (secondary N) is 3. The fraction of sp³-hybridized carbons (Fsp3) is 0.841. The maximum Gasteiger partial charge on any atom is 0.305 e. The molecular weight excluding hydrogens is 1750 g/mol. The van der Waals surface area contributed by atoms with Gasteiger partial charge in [0.1, 0.15) is 32.2 Å². The zero-order chi connectivity index (χ0) is 100. The Hall–Kier alpha value is -6.38. The fourth-order valence-corrected chi connectivity index (χ4v) is 16.0. The van der Waals surface area contributed by atoms with Crippen molar-refractivity contribution in [3.63, 3.8) is 0 Å². The Morgan fingerprint density at radius 1 is 0.239 bits per heavy atom. The minimum absolute atomic E-state index is 0.0357. The van der Waals surface area contributed by atoms with Crippen LogP contribution in [-0.2, 0) is 95.3 Å². The van der Waals surface area contributed by atoms with Gasteiger partial charge in [0.05, 0.1) is 85.6 Å². The first-order chi connectivity index (χ1) is 67.7. The molecule has 0 aromatic rings. The van der Waals surface area contributed by atoms with E-state index >= 15 is 0 Å². The van der Waals surface area contributed by atoms with Crippen molar-refractivity contribution in [3.8, 4) is 0 Å². The molecule has 138 heavy (non-hydrogen) atoms. The molecule has 0 rings (SSSR count). The summed E-state index contributed by atoms with van der Waals surface area (Å²) in [4.78, 5) is 137. The first-order valence-corrected chi connectivity index (χ1v) is 56.2. The summed E-state index contributed by atoms with van der Waals surface area (Å²) in [5.74, 6) is -3.90. The highest BCUT2D eigenvalue weighted by atomic mass is 16.6. The number of rotatable bonds is 109. The van der Waals surface area contributed by atoms with Crippen molar-refractivity contribution < 1.29 is 95.3 Å². The van der Waals surface area contributed by atoms with Crippen molar-refractivity contribution in [2.45, 2.75) is 458 Å². The lowest BCUT2D eigenvalue weighted by Crippen LogP contribution is -2.38. The molecule has 0 aromatic heterocycles. The molecule has 0 unspecified atom stereocenters. The molecule has 0 radical (unpaired) electrons. The SMILES string of the molecule is CCCCCCCC/C=C\CCCCCCCC(=O)OCCN(CCOC(=O)CCCCCCC/C=C\CCCCCCCC)C(=O)CCC(=O)C[C@@H](CCCCNC(=O)CCC(=O)N(CCOC(=O)CCCCCCC/C=C\CCCCCCCC)CCOC(=O)CCCCCCC/C=C\CCCCCCCC)C(=O)NCCCOCCOCCOCCCNC(=O)CCOCCOCCOC. The summed E-state index contributed by atoms with van der Waals surface area (Å²) >= 11 is 0. The van der Waals surface area contributed by atoms with Gasteiger partial charge in [0.25, 0.3) is 0 Å². The minimum atomic E-state index is -0.758. The molecule has 25 nitrogen and oxygen atoms in total. The van der Waals surface area contributed by atoms with E-state index in [1.807, 2.05) is 0 Å². The quantitative estimate of drug-likeness (QED) is 0.0220. The Balaban J connectivity index is 6.00. The molecule has 5 amide bonds. The highest BCUT2D eigenvalue weighted by Gasteiger charge is 2.25. The average Bonchev–Trinajstić information content (AvgIpc) is 0.929. The van der Waals surface area contributed by atoms with Crippen molar-refractivity contribution in [1.29, 1.82) is 0 Å². The van der Waals surface area contributed by atoms with Gasteiger partial charge in [0, 0.05) is 110 Å². The van der Waals surface area contributed by atoms with E-state index in [1.165, 1.54) is 164 Å². The maximum atomic E-state index is 14.1. The lowest BCUT2D eigenvalue weighted by atomic mass is 9.93. The van der Waals surface area contributed by atoms with Crippen molar-refractivity contribution in [2.75, 3.05) is 152 Å². The summed E-state index contributed by atoms with van der Waals surface area (Å²) in [5.41, 5.74) is 0. The number of hydrogen-bond acceptors (Lipinski definition) is 20. The molecule has 25 heteroatoms. The van der Waals surface area contributed by atoms with Crippen LogP contribution in [0, 0.1) is 5.92 Å². The van der Waals surface area contributed by atoms with Crippen molar-refractivity contribution >= 4 is 59.2 Å². The molecule has 3 N–H and O–H groups in total. The lowest BCUT2D eigenvalue weighted by molar-refractivity contribution is -0.148. The van der Waals surface area contributed by atoms with Crippen LogP contribution in [0.2, 0.25) is 0 Å². The Kier molecular flexibility index (Phi) is 103. The van der Waals surface area contributed by atoms with Crippen LogP contribution in [0.5, 0.6) is 0 Å². The molecule has 0 aliphatic rings. The smallest absolute Gasteiger partial charge is 0.305 e. The number of Topliss-reactive ketones (excluding diaryl/α,β-unsaturated/α-hetero) is 1. The molecule has 802 valence electrons. The first-order valence-electron chi connectivity index (χ1n) is 56.2. The molecule has 0 fully saturated rings. The normalized spacial score (nSPS) is 11.8. The van der Waals surface area contributed by atoms with Gasteiger partial charge >= 0.3 is 23.9 Å². The van der Waals surface area contributed by atoms with Gasteiger partial charge in [-0.1, -0.05) is 288 Å². The number of ketones is 1. The Bertz CT molecular complexity index is 2830. The van der Waals surface area contributed by atoms with Crippen LogP contribution >= 0.6 is 0 Å². The third-order valence-corrected chi connectivity index (χ3v) is 24.7. The predicted molar refractivity (Wildman–Crippen MR) is 559 cm³/mol. The number of carbonyl (C=O) groups excluding carboxylic acids is 10. The van der Waals surface area contributed by atoms with E-state index in [2.05, 4.69) is 92.3 Å². The molecule has 0 saturated carbocycles. The Labute approximate surface area is 840 Å². The molecule has 0 saturated heterocycles. The fourth-order valence-electron chi connectivity index (χ4n) is 16.0. The molecular formula is C113H205N5O20. The van der Waals surface area contributed by atoms with Crippen LogP contribution in [0.4, 0.5) is 0 Å². The Morgan fingerprint density at radius 2 is 0.500 bits per heavy atom. The van der Waals surface area contributed by atoms with Gasteiger partial charge in [-0.25, -0.2) is 0 Å². The van der Waals surface area contributed by atoms with Gasteiger partial charge in [-0.05, 0) is 154 Å². The molecule has 0 spiro atoms. The van der Waals surface area contributed by atoms with Crippen LogP contribution in [0.15, 0.2) is 48.6 Å². The van der Waals surface area contributed by atoms with Gasteiger partial charge in [-0.15, -0.1) is 0 Å². The van der Waals surface area contributed by atoms with E-state index in [1.54, 1.807) is 7.11 Å². The second kappa shape index (κ2) is 108. The number of amides is 5. The molecule has 0 heterocycles. The van der Waals surface area contributed by atoms with Gasteiger partial charge < -0.3 is 73.1 Å². The summed E-state index contributed by atoms with van der Waals surface area (Å²) in [6.45, 7) is 14.4. The topological polar surface area (TPSA) is 306 Å².